The van der Waals surface area contributed by atoms with Crippen LogP contribution in [-0.4, -0.2) is 62.9 Å². The number of likely N-dealkylation sites (tertiary alicyclic amines) is 2. The van der Waals surface area contributed by atoms with Crippen molar-refractivity contribution in [2.24, 2.45) is 11.7 Å². The number of carbonyl (C=O) groups excluding carboxylic acids is 3. The molecule has 0 aromatic heterocycles. The lowest BCUT2D eigenvalue weighted by atomic mass is 9.78. The molecule has 7 heteroatoms. The third-order valence-electron chi connectivity index (χ3n) is 5.18. The third-order valence-corrected chi connectivity index (χ3v) is 5.18. The van der Waals surface area contributed by atoms with Crippen LogP contribution in [0.2, 0.25) is 0 Å². The molecular formula is C15H25N3O4. The summed E-state index contributed by atoms with van der Waals surface area (Å²) in [5.74, 6) is -1.27. The van der Waals surface area contributed by atoms with Gasteiger partial charge in [0.05, 0.1) is 12.6 Å². The molecule has 2 rings (SSSR count). The average Bonchev–Trinajstić information content (AvgIpc) is 2.88. The summed E-state index contributed by atoms with van der Waals surface area (Å²) in [6.45, 7) is 7.31. The summed E-state index contributed by atoms with van der Waals surface area (Å²) in [5.41, 5.74) is 3.10. The molecule has 1 unspecified atom stereocenters. The number of nitrogens with zero attached hydrogens (tertiary/aromatic N) is 2. The Hall–Kier alpha value is -1.63. The van der Waals surface area contributed by atoms with Crippen molar-refractivity contribution < 1.29 is 19.5 Å². The van der Waals surface area contributed by atoms with Gasteiger partial charge in [0.2, 0.25) is 11.8 Å². The first-order valence-corrected chi connectivity index (χ1v) is 7.70. The van der Waals surface area contributed by atoms with Gasteiger partial charge in [-0.1, -0.05) is 13.8 Å². The highest BCUT2D eigenvalue weighted by Gasteiger charge is 2.65. The molecule has 0 bridgehead atoms. The molecule has 0 saturated carbocycles. The highest BCUT2D eigenvalue weighted by molar-refractivity contribution is 6.01. The molecule has 3 N–H and O–H groups in total. The molecule has 7 nitrogen and oxygen atoms in total. The number of carbonyl (C=O) groups is 3. The van der Waals surface area contributed by atoms with Gasteiger partial charge >= 0.3 is 0 Å². The molecule has 2 aliphatic heterocycles. The van der Waals surface area contributed by atoms with Gasteiger partial charge < -0.3 is 20.6 Å². The van der Waals surface area contributed by atoms with Crippen molar-refractivity contribution in [2.45, 2.75) is 57.7 Å². The number of rotatable bonds is 4. The first kappa shape index (κ1) is 16.7. The van der Waals surface area contributed by atoms with Crippen molar-refractivity contribution in [3.63, 3.8) is 0 Å². The van der Waals surface area contributed by atoms with Gasteiger partial charge in [0.25, 0.3) is 5.91 Å². The van der Waals surface area contributed by atoms with E-state index in [0.29, 0.717) is 13.0 Å². The largest absolute Gasteiger partial charge is 0.390 e. The first-order chi connectivity index (χ1) is 10.1. The maximum absolute atomic E-state index is 12.8. The van der Waals surface area contributed by atoms with Crippen LogP contribution in [-0.2, 0) is 14.4 Å². The minimum absolute atomic E-state index is 0.0525. The van der Waals surface area contributed by atoms with Crippen molar-refractivity contribution in [2.75, 3.05) is 13.1 Å². The van der Waals surface area contributed by atoms with Crippen LogP contribution >= 0.6 is 0 Å². The van der Waals surface area contributed by atoms with E-state index in [2.05, 4.69) is 0 Å². The molecule has 0 radical (unpaired) electrons. The molecule has 2 fully saturated rings. The van der Waals surface area contributed by atoms with Gasteiger partial charge in [0.15, 0.2) is 0 Å². The van der Waals surface area contributed by atoms with Crippen LogP contribution in [0.1, 0.15) is 40.5 Å². The molecule has 0 aromatic carbocycles. The second-order valence-corrected chi connectivity index (χ2v) is 6.86. The zero-order chi connectivity index (χ0) is 16.9. The van der Waals surface area contributed by atoms with E-state index in [0.717, 1.165) is 6.42 Å². The van der Waals surface area contributed by atoms with Gasteiger partial charge in [0, 0.05) is 12.5 Å². The lowest BCUT2D eigenvalue weighted by Gasteiger charge is -2.57. The van der Waals surface area contributed by atoms with E-state index >= 15 is 0 Å². The normalized spacial score (nSPS) is 28.7. The van der Waals surface area contributed by atoms with E-state index in [4.69, 9.17) is 5.73 Å². The van der Waals surface area contributed by atoms with E-state index in [1.807, 2.05) is 0 Å². The maximum atomic E-state index is 12.8. The van der Waals surface area contributed by atoms with Crippen molar-refractivity contribution in [3.05, 3.63) is 0 Å². The number of primary amides is 1. The van der Waals surface area contributed by atoms with Crippen molar-refractivity contribution in [1.29, 1.82) is 0 Å². The topological polar surface area (TPSA) is 104 Å². The molecule has 22 heavy (non-hydrogen) atoms. The molecule has 124 valence electrons. The Morgan fingerprint density at radius 1 is 1.36 bits per heavy atom. The molecule has 3 amide bonds. The highest BCUT2D eigenvalue weighted by atomic mass is 16.3. The molecule has 2 saturated heterocycles. The Bertz CT molecular complexity index is 519. The number of hydrogen-bond acceptors (Lipinski definition) is 4. The summed E-state index contributed by atoms with van der Waals surface area (Å²) in [6.07, 6.45) is 0.275. The molecule has 0 aromatic rings. The fraction of sp³-hybridized carbons (Fsp3) is 0.800. The number of aliphatic hydroxyl groups excluding tert-OH is 1. The van der Waals surface area contributed by atoms with E-state index in [1.54, 1.807) is 18.7 Å². The highest BCUT2D eigenvalue weighted by Crippen LogP contribution is 2.43. The van der Waals surface area contributed by atoms with Gasteiger partial charge in [-0.2, -0.15) is 0 Å². The summed E-state index contributed by atoms with van der Waals surface area (Å²) in [7, 11) is 0. The van der Waals surface area contributed by atoms with Crippen LogP contribution in [0.25, 0.3) is 0 Å². The van der Waals surface area contributed by atoms with Crippen LogP contribution in [0.5, 0.6) is 0 Å². The summed E-state index contributed by atoms with van der Waals surface area (Å²) < 4.78 is 0. The Balaban J connectivity index is 2.28. The Labute approximate surface area is 130 Å². The van der Waals surface area contributed by atoms with Crippen LogP contribution < -0.4 is 5.73 Å². The molecule has 0 aliphatic carbocycles. The molecule has 2 aliphatic rings. The van der Waals surface area contributed by atoms with Gasteiger partial charge in [-0.25, -0.2) is 0 Å². The second-order valence-electron chi connectivity index (χ2n) is 6.86. The molecule has 2 heterocycles. The second kappa shape index (κ2) is 5.22. The zero-order valence-corrected chi connectivity index (χ0v) is 13.6. The first-order valence-electron chi connectivity index (χ1n) is 7.70. The fourth-order valence-electron chi connectivity index (χ4n) is 3.40. The SMILES string of the molecule is CC(C)C(=O)N1CCCC12CN([C@@](C)(C(N)=O)[C@@H](C)O)C2=O. The third kappa shape index (κ3) is 2.02. The van der Waals surface area contributed by atoms with Crippen LogP contribution in [0.3, 0.4) is 0 Å². The van der Waals surface area contributed by atoms with Gasteiger partial charge in [-0.05, 0) is 26.7 Å². The lowest BCUT2D eigenvalue weighted by Crippen LogP contribution is -2.80. The van der Waals surface area contributed by atoms with Crippen LogP contribution in [0.15, 0.2) is 0 Å². The van der Waals surface area contributed by atoms with Crippen molar-refractivity contribution >= 4 is 17.7 Å². The Morgan fingerprint density at radius 2 is 1.95 bits per heavy atom. The van der Waals surface area contributed by atoms with E-state index in [1.165, 1.54) is 18.7 Å². The Kier molecular flexibility index (Phi) is 3.97. The van der Waals surface area contributed by atoms with Crippen molar-refractivity contribution in [1.82, 2.24) is 9.80 Å². The van der Waals surface area contributed by atoms with Gasteiger partial charge in [0.1, 0.15) is 11.1 Å². The van der Waals surface area contributed by atoms with Crippen LogP contribution in [0, 0.1) is 5.92 Å². The number of β-lactam (4-membered cyclic amide) rings is 1. The fourth-order valence-corrected chi connectivity index (χ4v) is 3.40. The number of hydrogen-bond donors (Lipinski definition) is 2. The standard InChI is InChI=1S/C15H25N3O4/c1-9(2)11(20)17-7-5-6-15(17)8-18(13(15)22)14(4,10(3)19)12(16)21/h9-10,19H,5-8H2,1-4H3,(H2,16,21)/t10-,14-,15?/m1/s1. The monoisotopic (exact) mass is 311 g/mol. The number of amides is 3. The number of nitrogens with two attached hydrogens (primary N) is 1. The molecule has 1 spiro atoms. The van der Waals surface area contributed by atoms with E-state index in [9.17, 15) is 19.5 Å². The minimum Gasteiger partial charge on any atom is -0.390 e. The summed E-state index contributed by atoms with van der Waals surface area (Å²) >= 11 is 0. The number of aliphatic hydroxyl groups is 1. The Morgan fingerprint density at radius 3 is 2.36 bits per heavy atom. The summed E-state index contributed by atoms with van der Waals surface area (Å²) in [4.78, 5) is 39.8. The smallest absolute Gasteiger partial charge is 0.251 e. The minimum atomic E-state index is -1.45. The quantitative estimate of drug-likeness (QED) is 0.681. The molecular weight excluding hydrogens is 286 g/mol. The molecule has 3 atom stereocenters. The van der Waals surface area contributed by atoms with Gasteiger partial charge in [-0.15, -0.1) is 0 Å². The van der Waals surface area contributed by atoms with Crippen molar-refractivity contribution in [3.8, 4) is 0 Å². The predicted molar refractivity (Wildman–Crippen MR) is 79.5 cm³/mol. The van der Waals surface area contributed by atoms with Gasteiger partial charge in [-0.3, -0.25) is 14.4 Å². The average molecular weight is 311 g/mol. The predicted octanol–water partition coefficient (Wildman–Crippen LogP) is -0.529. The van der Waals surface area contributed by atoms with E-state index < -0.39 is 23.1 Å². The zero-order valence-electron chi connectivity index (χ0n) is 13.6. The van der Waals surface area contributed by atoms with Crippen LogP contribution in [0.4, 0.5) is 0 Å². The maximum Gasteiger partial charge on any atom is 0.251 e. The summed E-state index contributed by atoms with van der Waals surface area (Å²) in [6, 6.07) is 0. The lowest BCUT2D eigenvalue weighted by molar-refractivity contribution is -0.185. The van der Waals surface area contributed by atoms with E-state index in [-0.39, 0.29) is 24.3 Å². The summed E-state index contributed by atoms with van der Waals surface area (Å²) in [5, 5.41) is 9.91.